The maximum atomic E-state index is 11.5. The summed E-state index contributed by atoms with van der Waals surface area (Å²) in [4.78, 5) is 22.3. The van der Waals surface area contributed by atoms with Gasteiger partial charge in [-0.2, -0.15) is 0 Å². The SMILES string of the molecule is CC(=O)Nc1ccc(OC(=O)CCOCCI)cc1. The first-order chi connectivity index (χ1) is 9.11. The highest BCUT2D eigenvalue weighted by molar-refractivity contribution is 14.1. The molecule has 1 aromatic rings. The van der Waals surface area contributed by atoms with Gasteiger partial charge in [0.05, 0.1) is 19.6 Å². The lowest BCUT2D eigenvalue weighted by molar-refractivity contribution is -0.135. The fourth-order valence-electron chi connectivity index (χ4n) is 1.30. The Labute approximate surface area is 125 Å². The fraction of sp³-hybridized carbons (Fsp3) is 0.385. The monoisotopic (exact) mass is 377 g/mol. The van der Waals surface area contributed by atoms with Crippen LogP contribution in [0.2, 0.25) is 0 Å². The predicted molar refractivity (Wildman–Crippen MR) is 80.7 cm³/mol. The van der Waals surface area contributed by atoms with Crippen LogP contribution < -0.4 is 10.1 Å². The van der Waals surface area contributed by atoms with Crippen molar-refractivity contribution >= 4 is 40.2 Å². The van der Waals surface area contributed by atoms with Gasteiger partial charge in [-0.25, -0.2) is 0 Å². The molecule has 0 saturated carbocycles. The van der Waals surface area contributed by atoms with Crippen LogP contribution in [0.3, 0.4) is 0 Å². The maximum Gasteiger partial charge on any atom is 0.313 e. The van der Waals surface area contributed by atoms with Crippen molar-refractivity contribution in [3.63, 3.8) is 0 Å². The standard InChI is InChI=1S/C13H16INO4/c1-10(16)15-11-2-4-12(5-3-11)19-13(17)6-8-18-9-7-14/h2-5H,6-9H2,1H3,(H,15,16). The van der Waals surface area contributed by atoms with E-state index < -0.39 is 0 Å². The van der Waals surface area contributed by atoms with Gasteiger partial charge >= 0.3 is 5.97 Å². The minimum Gasteiger partial charge on any atom is -0.426 e. The van der Waals surface area contributed by atoms with E-state index in [-0.39, 0.29) is 18.3 Å². The summed E-state index contributed by atoms with van der Waals surface area (Å²) in [6.07, 6.45) is 0.226. The number of hydrogen-bond donors (Lipinski definition) is 1. The molecule has 0 fully saturated rings. The fourth-order valence-corrected chi connectivity index (χ4v) is 1.62. The van der Waals surface area contributed by atoms with Crippen LogP contribution in [0.5, 0.6) is 5.75 Å². The average Bonchev–Trinajstić information content (AvgIpc) is 2.36. The highest BCUT2D eigenvalue weighted by Crippen LogP contribution is 2.16. The third kappa shape index (κ3) is 7.12. The normalized spacial score (nSPS) is 10.0. The van der Waals surface area contributed by atoms with Crippen molar-refractivity contribution in [2.24, 2.45) is 0 Å². The molecule has 104 valence electrons. The van der Waals surface area contributed by atoms with Gasteiger partial charge in [-0.3, -0.25) is 9.59 Å². The van der Waals surface area contributed by atoms with E-state index >= 15 is 0 Å². The van der Waals surface area contributed by atoms with Crippen LogP contribution >= 0.6 is 22.6 Å². The second-order valence-corrected chi connectivity index (χ2v) is 4.81. The average molecular weight is 377 g/mol. The zero-order valence-electron chi connectivity index (χ0n) is 10.6. The molecule has 0 aliphatic rings. The van der Waals surface area contributed by atoms with Crippen LogP contribution in [0, 0.1) is 0 Å². The van der Waals surface area contributed by atoms with E-state index in [1.807, 2.05) is 0 Å². The first kappa shape index (κ1) is 15.9. The van der Waals surface area contributed by atoms with Gasteiger partial charge in [-0.1, -0.05) is 22.6 Å². The highest BCUT2D eigenvalue weighted by Gasteiger charge is 2.05. The molecule has 0 saturated heterocycles. The lowest BCUT2D eigenvalue weighted by Crippen LogP contribution is -2.12. The van der Waals surface area contributed by atoms with Crippen LogP contribution in [-0.4, -0.2) is 29.5 Å². The van der Waals surface area contributed by atoms with Crippen molar-refractivity contribution in [2.75, 3.05) is 23.0 Å². The summed E-state index contributed by atoms with van der Waals surface area (Å²) in [6.45, 7) is 2.44. The third-order valence-corrected chi connectivity index (χ3v) is 2.52. The number of ether oxygens (including phenoxy) is 2. The molecule has 0 aromatic heterocycles. The van der Waals surface area contributed by atoms with Crippen molar-refractivity contribution < 1.29 is 19.1 Å². The number of hydrogen-bond acceptors (Lipinski definition) is 4. The molecule has 0 heterocycles. The summed E-state index contributed by atoms with van der Waals surface area (Å²) in [6, 6.07) is 6.62. The van der Waals surface area contributed by atoms with E-state index in [0.717, 1.165) is 4.43 Å². The zero-order chi connectivity index (χ0) is 14.1. The van der Waals surface area contributed by atoms with Crippen LogP contribution in [0.15, 0.2) is 24.3 Å². The lowest BCUT2D eigenvalue weighted by Gasteiger charge is -2.06. The number of esters is 1. The minimum absolute atomic E-state index is 0.142. The minimum atomic E-state index is -0.333. The van der Waals surface area contributed by atoms with E-state index in [1.54, 1.807) is 24.3 Å². The summed E-state index contributed by atoms with van der Waals surface area (Å²) in [5, 5.41) is 2.63. The third-order valence-electron chi connectivity index (χ3n) is 2.08. The number of carbonyl (C=O) groups is 2. The number of nitrogens with one attached hydrogen (secondary N) is 1. The number of rotatable bonds is 7. The van der Waals surface area contributed by atoms with Crippen molar-refractivity contribution in [1.29, 1.82) is 0 Å². The Morgan fingerprint density at radius 1 is 1.21 bits per heavy atom. The first-order valence-electron chi connectivity index (χ1n) is 5.84. The Bertz CT molecular complexity index is 419. The topological polar surface area (TPSA) is 64.6 Å². The predicted octanol–water partition coefficient (Wildman–Crippen LogP) is 2.39. The van der Waals surface area contributed by atoms with Gasteiger partial charge in [0, 0.05) is 17.0 Å². The van der Waals surface area contributed by atoms with Gasteiger partial charge in [-0.05, 0) is 24.3 Å². The van der Waals surface area contributed by atoms with Gasteiger partial charge < -0.3 is 14.8 Å². The lowest BCUT2D eigenvalue weighted by atomic mass is 10.3. The van der Waals surface area contributed by atoms with E-state index in [9.17, 15) is 9.59 Å². The first-order valence-corrected chi connectivity index (χ1v) is 7.36. The van der Waals surface area contributed by atoms with Crippen molar-refractivity contribution in [1.82, 2.24) is 0 Å². The molecule has 0 aliphatic heterocycles. The Hall–Kier alpha value is -1.15. The molecule has 0 atom stereocenters. The Morgan fingerprint density at radius 2 is 1.89 bits per heavy atom. The van der Waals surface area contributed by atoms with Crippen molar-refractivity contribution in [2.45, 2.75) is 13.3 Å². The molecule has 0 bridgehead atoms. The molecule has 5 nitrogen and oxygen atoms in total. The van der Waals surface area contributed by atoms with Crippen molar-refractivity contribution in [3.05, 3.63) is 24.3 Å². The summed E-state index contributed by atoms with van der Waals surface area (Å²) in [5.41, 5.74) is 0.665. The molecule has 0 aliphatic carbocycles. The van der Waals surface area contributed by atoms with Crippen LogP contribution in [-0.2, 0) is 14.3 Å². The van der Waals surface area contributed by atoms with E-state index in [1.165, 1.54) is 6.92 Å². The van der Waals surface area contributed by atoms with Gasteiger partial charge in [0.2, 0.25) is 5.91 Å². The van der Waals surface area contributed by atoms with E-state index in [4.69, 9.17) is 9.47 Å². The number of halogens is 1. The Kier molecular flexibility index (Phi) is 7.42. The molecule has 0 spiro atoms. The van der Waals surface area contributed by atoms with Crippen molar-refractivity contribution in [3.8, 4) is 5.75 Å². The number of anilines is 1. The van der Waals surface area contributed by atoms with Crippen LogP contribution in [0.4, 0.5) is 5.69 Å². The van der Waals surface area contributed by atoms with Gasteiger partial charge in [-0.15, -0.1) is 0 Å². The molecule has 1 aromatic carbocycles. The number of carbonyl (C=O) groups excluding carboxylic acids is 2. The molecule has 0 unspecified atom stereocenters. The van der Waals surface area contributed by atoms with Crippen LogP contribution in [0.1, 0.15) is 13.3 Å². The van der Waals surface area contributed by atoms with E-state index in [2.05, 4.69) is 27.9 Å². The molecule has 0 radical (unpaired) electrons. The second kappa shape index (κ2) is 8.87. The molecular formula is C13H16INO4. The number of alkyl halides is 1. The number of benzene rings is 1. The molecule has 6 heteroatoms. The van der Waals surface area contributed by atoms with E-state index in [0.29, 0.717) is 24.7 Å². The molecule has 19 heavy (non-hydrogen) atoms. The summed E-state index contributed by atoms with van der Waals surface area (Å²) < 4.78 is 11.2. The summed E-state index contributed by atoms with van der Waals surface area (Å²) >= 11 is 2.20. The Morgan fingerprint density at radius 3 is 2.47 bits per heavy atom. The summed E-state index contributed by atoms with van der Waals surface area (Å²) in [7, 11) is 0. The molecule has 1 N–H and O–H groups in total. The molecular weight excluding hydrogens is 361 g/mol. The maximum absolute atomic E-state index is 11.5. The smallest absolute Gasteiger partial charge is 0.313 e. The second-order valence-electron chi connectivity index (χ2n) is 3.73. The molecule has 1 amide bonds. The highest BCUT2D eigenvalue weighted by atomic mass is 127. The quantitative estimate of drug-likeness (QED) is 0.261. The Balaban J connectivity index is 2.36. The van der Waals surface area contributed by atoms with Gasteiger partial charge in [0.1, 0.15) is 5.75 Å². The van der Waals surface area contributed by atoms with Gasteiger partial charge in [0.25, 0.3) is 0 Å². The molecule has 1 rings (SSSR count). The summed E-state index contributed by atoms with van der Waals surface area (Å²) in [5.74, 6) is -0.0223. The van der Waals surface area contributed by atoms with Gasteiger partial charge in [0.15, 0.2) is 0 Å². The zero-order valence-corrected chi connectivity index (χ0v) is 12.8. The largest absolute Gasteiger partial charge is 0.426 e. The van der Waals surface area contributed by atoms with Crippen LogP contribution in [0.25, 0.3) is 0 Å². The number of amides is 1.